The van der Waals surface area contributed by atoms with Crippen molar-refractivity contribution in [1.82, 2.24) is 10.6 Å². The minimum absolute atomic E-state index is 0.115. The molecule has 72 heavy (non-hydrogen) atoms. The van der Waals surface area contributed by atoms with Crippen LogP contribution in [0.1, 0.15) is 79.1 Å². The van der Waals surface area contributed by atoms with Crippen LogP contribution in [-0.2, 0) is 23.7 Å². The number of hydrogen-bond donors (Lipinski definition) is 15. The lowest BCUT2D eigenvalue weighted by molar-refractivity contribution is -0.303. The summed E-state index contributed by atoms with van der Waals surface area (Å²) in [5, 5.41) is 134. The molecule has 0 radical (unpaired) electrons. The van der Waals surface area contributed by atoms with Gasteiger partial charge in [0.05, 0.1) is 85.6 Å². The number of cyclic esters (lactones) is 1. The highest BCUT2D eigenvalue weighted by Crippen LogP contribution is 2.35. The highest BCUT2D eigenvalue weighted by Gasteiger charge is 2.49. The first-order chi connectivity index (χ1) is 34.1. The Morgan fingerprint density at radius 3 is 1.89 bits per heavy atom. The second-order valence-corrected chi connectivity index (χ2v) is 19.3. The number of fused-ring (bicyclic) bond motifs is 2. The summed E-state index contributed by atoms with van der Waals surface area (Å²) in [5.41, 5.74) is 6.09. The summed E-state index contributed by atoms with van der Waals surface area (Å²) < 4.78 is 23.7. The van der Waals surface area contributed by atoms with Crippen molar-refractivity contribution in [3.05, 3.63) is 85.1 Å². The number of amides is 2. The van der Waals surface area contributed by atoms with Crippen molar-refractivity contribution in [3.8, 4) is 0 Å². The smallest absolute Gasteiger partial charge is 0.315 e. The fourth-order valence-electron chi connectivity index (χ4n) is 8.46. The standard InChI is InChI=1S/C51H83N3O18/c1-30-17-15-13-11-9-7-5-6-8-10-12-14-16-18-38(71-49-48(66)44(52)47(65)33(4)70-49)24-42-45(54-50(67)53-27-34(28-55)29-56)41(62)26-51(68,72-42)25-37(59)22-40(61)39(60)20-19-35(57)21-36(58)23-43(63)69-32(3)31(2)46(30)64/h5-18,30-42,44-49,55-62,64-66,68H,19-29,52H2,1-4H3,(H2,53,54,67)/b6-5+,9-7+,10-8+,13-11+,14-12+,17-15+,18-16+/t30-,31-,32-,33+,35+,36+,37-,38-,39+,40+,41-,42-,44-,45+,46+,47+,48-,49-,51+/m0/s1. The molecule has 0 aromatic rings. The summed E-state index contributed by atoms with van der Waals surface area (Å²) in [6, 6.07) is -3.25. The number of esters is 1. The highest BCUT2D eigenvalue weighted by molar-refractivity contribution is 5.74. The van der Waals surface area contributed by atoms with Gasteiger partial charge in [-0.3, -0.25) is 4.79 Å². The Kier molecular flexibility index (Phi) is 27.7. The lowest BCUT2D eigenvalue weighted by Gasteiger charge is -2.46. The fourth-order valence-corrected chi connectivity index (χ4v) is 8.46. The first kappa shape index (κ1) is 62.6. The summed E-state index contributed by atoms with van der Waals surface area (Å²) in [5.74, 6) is -4.49. The average molecular weight is 1030 g/mol. The average Bonchev–Trinajstić information content (AvgIpc) is 3.31. The second kappa shape index (κ2) is 31.9. The number of nitrogens with one attached hydrogen (secondary N) is 2. The maximum absolute atomic E-state index is 13.2. The van der Waals surface area contributed by atoms with Gasteiger partial charge >= 0.3 is 12.0 Å². The van der Waals surface area contributed by atoms with Crippen molar-refractivity contribution in [3.63, 3.8) is 0 Å². The molecule has 3 heterocycles. The molecule has 3 rings (SSSR count). The van der Waals surface area contributed by atoms with E-state index in [4.69, 9.17) is 24.7 Å². The maximum atomic E-state index is 13.2. The molecular weight excluding hydrogens is 943 g/mol. The van der Waals surface area contributed by atoms with E-state index in [1.54, 1.807) is 87.6 Å². The Balaban J connectivity index is 1.94. The van der Waals surface area contributed by atoms with Gasteiger partial charge in [0.1, 0.15) is 12.2 Å². The van der Waals surface area contributed by atoms with Gasteiger partial charge in [-0.05, 0) is 33.1 Å². The van der Waals surface area contributed by atoms with Crippen molar-refractivity contribution in [2.24, 2.45) is 23.5 Å². The molecule has 2 amide bonds. The van der Waals surface area contributed by atoms with E-state index in [-0.39, 0.29) is 38.1 Å². The highest BCUT2D eigenvalue weighted by atomic mass is 16.7. The number of ether oxygens (including phenoxy) is 4. The van der Waals surface area contributed by atoms with Gasteiger partial charge in [-0.15, -0.1) is 0 Å². The molecule has 21 nitrogen and oxygen atoms in total. The third-order valence-corrected chi connectivity index (χ3v) is 13.1. The molecule has 0 unspecified atom stereocenters. The van der Waals surface area contributed by atoms with Gasteiger partial charge in [0.2, 0.25) is 0 Å². The molecule has 2 saturated heterocycles. The Hall–Kier alpha value is -3.72. The quantitative estimate of drug-likeness (QED) is 0.140. The van der Waals surface area contributed by atoms with Crippen LogP contribution in [0.15, 0.2) is 85.1 Å². The number of carbonyl (C=O) groups is 2. The first-order valence-electron chi connectivity index (χ1n) is 24.8. The third kappa shape index (κ3) is 21.6. The summed E-state index contributed by atoms with van der Waals surface area (Å²) in [4.78, 5) is 25.8. The molecule has 2 bridgehead atoms. The molecule has 0 aromatic heterocycles. The van der Waals surface area contributed by atoms with E-state index in [1.165, 1.54) is 0 Å². The minimum atomic E-state index is -2.31. The third-order valence-electron chi connectivity index (χ3n) is 13.1. The summed E-state index contributed by atoms with van der Waals surface area (Å²) >= 11 is 0. The molecule has 0 aliphatic carbocycles. The summed E-state index contributed by atoms with van der Waals surface area (Å²) in [6.07, 6.45) is 3.92. The Bertz CT molecular complexity index is 1810. The predicted molar refractivity (Wildman–Crippen MR) is 264 cm³/mol. The number of rotatable bonds is 7. The van der Waals surface area contributed by atoms with Gasteiger partial charge in [-0.1, -0.05) is 98.9 Å². The Morgan fingerprint density at radius 2 is 1.29 bits per heavy atom. The largest absolute Gasteiger partial charge is 0.462 e. The van der Waals surface area contributed by atoms with Crippen molar-refractivity contribution in [1.29, 1.82) is 0 Å². The van der Waals surface area contributed by atoms with Crippen molar-refractivity contribution in [2.75, 3.05) is 19.8 Å². The van der Waals surface area contributed by atoms with Crippen LogP contribution < -0.4 is 16.4 Å². The van der Waals surface area contributed by atoms with E-state index in [0.29, 0.717) is 0 Å². The van der Waals surface area contributed by atoms with E-state index in [9.17, 15) is 70.9 Å². The SMILES string of the molecule is C[C@@H]1[C@H](O)[C@@H](C)/C=C/C=C/C=C/C=C/C=C/C=C/C=C/[C@H](O[C@@H]2O[C@H](C)[C@@H](O)[C@H](N)[C@@H]2O)C[C@@H]2O[C@](O)(C[C@@H](O)C[C@@H](O)[C@H](O)CC[C@@H](O)C[C@@H](O)CC(=O)O[C@H]1C)C[C@H](O)[C@H]2NC(=O)NCC(CO)CO. The number of aliphatic hydroxyl groups is 12. The van der Waals surface area contributed by atoms with E-state index >= 15 is 0 Å². The molecule has 3 aliphatic rings. The fraction of sp³-hybridized carbons (Fsp3) is 0.686. The van der Waals surface area contributed by atoms with Gasteiger partial charge in [-0.25, -0.2) is 4.79 Å². The van der Waals surface area contributed by atoms with Crippen LogP contribution in [0.5, 0.6) is 0 Å². The Morgan fingerprint density at radius 1 is 0.708 bits per heavy atom. The molecule has 2 fully saturated rings. The van der Waals surface area contributed by atoms with Crippen molar-refractivity contribution < 1.29 is 89.8 Å². The minimum Gasteiger partial charge on any atom is -0.462 e. The Labute approximate surface area is 422 Å². The topological polar surface area (TPSA) is 364 Å². The second-order valence-electron chi connectivity index (χ2n) is 19.3. The molecule has 16 N–H and O–H groups in total. The zero-order valence-corrected chi connectivity index (χ0v) is 41.7. The van der Waals surface area contributed by atoms with Crippen molar-refractivity contribution >= 4 is 12.0 Å². The molecule has 3 aliphatic heterocycles. The van der Waals surface area contributed by atoms with Gasteiger partial charge < -0.3 is 96.6 Å². The molecule has 21 heteroatoms. The lowest BCUT2D eigenvalue weighted by atomic mass is 9.87. The van der Waals surface area contributed by atoms with Crippen LogP contribution in [-0.4, -0.2) is 197 Å². The van der Waals surface area contributed by atoms with Crippen LogP contribution in [0.4, 0.5) is 4.79 Å². The monoisotopic (exact) mass is 1030 g/mol. The lowest BCUT2D eigenvalue weighted by Crippen LogP contribution is -2.64. The first-order valence-corrected chi connectivity index (χ1v) is 24.8. The normalized spacial score (nSPS) is 42.2. The zero-order chi connectivity index (χ0) is 53.5. The molecular formula is C51H83N3O18. The number of nitrogens with two attached hydrogens (primary N) is 1. The van der Waals surface area contributed by atoms with Gasteiger partial charge in [0.25, 0.3) is 0 Å². The van der Waals surface area contributed by atoms with Crippen molar-refractivity contribution in [2.45, 2.75) is 183 Å². The van der Waals surface area contributed by atoms with Gasteiger partial charge in [0.15, 0.2) is 12.1 Å². The van der Waals surface area contributed by atoms with Gasteiger partial charge in [-0.2, -0.15) is 0 Å². The number of carbonyl (C=O) groups excluding carboxylic acids is 2. The molecule has 0 aromatic carbocycles. The van der Waals surface area contributed by atoms with Crippen LogP contribution in [0.2, 0.25) is 0 Å². The zero-order valence-electron chi connectivity index (χ0n) is 41.7. The number of allylic oxidation sites excluding steroid dienone is 12. The number of hydrogen-bond acceptors (Lipinski definition) is 19. The molecule has 19 atom stereocenters. The number of urea groups is 1. The molecule has 0 saturated carbocycles. The van der Waals surface area contributed by atoms with Crippen LogP contribution >= 0.6 is 0 Å². The van der Waals surface area contributed by atoms with Crippen LogP contribution in [0.25, 0.3) is 0 Å². The molecule has 410 valence electrons. The van der Waals surface area contributed by atoms with Crippen LogP contribution in [0.3, 0.4) is 0 Å². The maximum Gasteiger partial charge on any atom is 0.315 e. The van der Waals surface area contributed by atoms with Crippen LogP contribution in [0, 0.1) is 17.8 Å². The van der Waals surface area contributed by atoms with E-state index < -0.39 is 166 Å². The van der Waals surface area contributed by atoms with E-state index in [2.05, 4.69) is 10.6 Å². The summed E-state index contributed by atoms with van der Waals surface area (Å²) in [6.45, 7) is 5.75. The van der Waals surface area contributed by atoms with E-state index in [0.717, 1.165) is 0 Å². The van der Waals surface area contributed by atoms with E-state index in [1.807, 2.05) is 25.2 Å². The predicted octanol–water partition coefficient (Wildman–Crippen LogP) is -0.720. The summed E-state index contributed by atoms with van der Waals surface area (Å²) in [7, 11) is 0. The molecule has 0 spiro atoms. The number of aliphatic hydroxyl groups excluding tert-OH is 11. The van der Waals surface area contributed by atoms with Gasteiger partial charge in [0, 0.05) is 63.2 Å².